The molecule has 0 fully saturated rings. The standard InChI is InChI=1S/C7H11NO3/c1-4-11-6(10)7(2,3)8-5-9/h4H2,1-3H3. The zero-order valence-electron chi connectivity index (χ0n) is 6.88. The zero-order valence-corrected chi connectivity index (χ0v) is 6.88. The minimum absolute atomic E-state index is 0.288. The largest absolute Gasteiger partial charge is 0.464 e. The maximum atomic E-state index is 11.0. The molecule has 0 aromatic carbocycles. The molecule has 0 radical (unpaired) electrons. The first-order valence-corrected chi connectivity index (χ1v) is 3.31. The second-order valence-corrected chi connectivity index (χ2v) is 2.48. The number of rotatable bonds is 3. The van der Waals surface area contributed by atoms with E-state index in [-0.39, 0.29) is 6.61 Å². The van der Waals surface area contributed by atoms with Gasteiger partial charge in [-0.15, -0.1) is 0 Å². The van der Waals surface area contributed by atoms with Crippen molar-refractivity contribution in [3.63, 3.8) is 0 Å². The second kappa shape index (κ2) is 3.88. The molecule has 0 unspecified atom stereocenters. The van der Waals surface area contributed by atoms with Gasteiger partial charge in [0.1, 0.15) is 0 Å². The molecule has 0 aromatic rings. The Morgan fingerprint density at radius 3 is 2.55 bits per heavy atom. The van der Waals surface area contributed by atoms with Crippen LogP contribution in [0.15, 0.2) is 4.99 Å². The molecule has 0 aliphatic heterocycles. The summed E-state index contributed by atoms with van der Waals surface area (Å²) in [7, 11) is 0. The normalized spacial score (nSPS) is 10.1. The Morgan fingerprint density at radius 2 is 2.18 bits per heavy atom. The summed E-state index contributed by atoms with van der Waals surface area (Å²) in [6.07, 6.45) is 1.32. The van der Waals surface area contributed by atoms with Crippen LogP contribution in [0.1, 0.15) is 20.8 Å². The summed E-state index contributed by atoms with van der Waals surface area (Å²) in [6, 6.07) is 0. The summed E-state index contributed by atoms with van der Waals surface area (Å²) in [4.78, 5) is 24.1. The number of aliphatic imine (C=N–C) groups is 1. The van der Waals surface area contributed by atoms with Crippen LogP contribution in [0.2, 0.25) is 0 Å². The molecule has 0 aliphatic rings. The van der Waals surface area contributed by atoms with Gasteiger partial charge in [-0.25, -0.2) is 9.59 Å². The molecule has 4 heteroatoms. The fourth-order valence-corrected chi connectivity index (χ4v) is 0.467. The van der Waals surface area contributed by atoms with Gasteiger partial charge in [0.05, 0.1) is 6.61 Å². The highest BCUT2D eigenvalue weighted by Gasteiger charge is 2.28. The van der Waals surface area contributed by atoms with Crippen LogP contribution in [0.4, 0.5) is 0 Å². The molecule has 0 bridgehead atoms. The number of ether oxygens (including phenoxy) is 1. The van der Waals surface area contributed by atoms with E-state index in [2.05, 4.69) is 9.73 Å². The third-order valence-electron chi connectivity index (χ3n) is 1.10. The molecule has 0 heterocycles. The third kappa shape index (κ3) is 2.96. The van der Waals surface area contributed by atoms with Crippen molar-refractivity contribution in [3.8, 4) is 0 Å². The highest BCUT2D eigenvalue weighted by molar-refractivity contribution is 5.80. The molecule has 11 heavy (non-hydrogen) atoms. The quantitative estimate of drug-likeness (QED) is 0.343. The van der Waals surface area contributed by atoms with E-state index >= 15 is 0 Å². The van der Waals surface area contributed by atoms with E-state index in [9.17, 15) is 9.59 Å². The zero-order chi connectivity index (χ0) is 8.91. The van der Waals surface area contributed by atoms with Crippen LogP contribution in [0, 0.1) is 0 Å². The summed E-state index contributed by atoms with van der Waals surface area (Å²) in [6.45, 7) is 4.97. The summed E-state index contributed by atoms with van der Waals surface area (Å²) in [5.74, 6) is -0.511. The monoisotopic (exact) mass is 157 g/mol. The van der Waals surface area contributed by atoms with Gasteiger partial charge in [0, 0.05) is 0 Å². The number of isocyanates is 1. The Morgan fingerprint density at radius 1 is 1.64 bits per heavy atom. The Labute approximate surface area is 65.3 Å². The van der Waals surface area contributed by atoms with Crippen molar-refractivity contribution in [2.45, 2.75) is 26.3 Å². The third-order valence-corrected chi connectivity index (χ3v) is 1.10. The Hall–Kier alpha value is -1.15. The van der Waals surface area contributed by atoms with E-state index < -0.39 is 11.5 Å². The predicted molar refractivity (Wildman–Crippen MR) is 38.8 cm³/mol. The van der Waals surface area contributed by atoms with Crippen molar-refractivity contribution in [3.05, 3.63) is 0 Å². The van der Waals surface area contributed by atoms with E-state index in [0.29, 0.717) is 0 Å². The van der Waals surface area contributed by atoms with Crippen LogP contribution in [-0.2, 0) is 14.3 Å². The van der Waals surface area contributed by atoms with Crippen LogP contribution >= 0.6 is 0 Å². The molecule has 0 atom stereocenters. The maximum Gasteiger partial charge on any atom is 0.334 e. The van der Waals surface area contributed by atoms with Crippen molar-refractivity contribution in [2.75, 3.05) is 6.61 Å². The van der Waals surface area contributed by atoms with E-state index in [1.807, 2.05) is 0 Å². The van der Waals surface area contributed by atoms with Crippen molar-refractivity contribution in [2.24, 2.45) is 4.99 Å². The van der Waals surface area contributed by atoms with Crippen molar-refractivity contribution in [1.82, 2.24) is 0 Å². The summed E-state index contributed by atoms with van der Waals surface area (Å²) in [5.41, 5.74) is -1.10. The van der Waals surface area contributed by atoms with Gasteiger partial charge < -0.3 is 4.74 Å². The Balaban J connectivity index is 4.29. The fraction of sp³-hybridized carbons (Fsp3) is 0.714. The first-order valence-electron chi connectivity index (χ1n) is 3.31. The molecule has 62 valence electrons. The van der Waals surface area contributed by atoms with Gasteiger partial charge in [0.15, 0.2) is 5.54 Å². The molecule has 0 N–H and O–H groups in total. The van der Waals surface area contributed by atoms with Gasteiger partial charge in [-0.2, -0.15) is 4.99 Å². The van der Waals surface area contributed by atoms with Gasteiger partial charge in [0.2, 0.25) is 6.08 Å². The number of esters is 1. The van der Waals surface area contributed by atoms with Gasteiger partial charge in [-0.05, 0) is 20.8 Å². The molecular weight excluding hydrogens is 146 g/mol. The van der Waals surface area contributed by atoms with Crippen molar-refractivity contribution in [1.29, 1.82) is 0 Å². The molecule has 0 spiro atoms. The first-order chi connectivity index (χ1) is 5.04. The molecule has 0 saturated heterocycles. The second-order valence-electron chi connectivity index (χ2n) is 2.48. The number of nitrogens with zero attached hydrogens (tertiary/aromatic N) is 1. The highest BCUT2D eigenvalue weighted by atomic mass is 16.5. The topological polar surface area (TPSA) is 55.7 Å². The van der Waals surface area contributed by atoms with E-state index in [4.69, 9.17) is 0 Å². The van der Waals surface area contributed by atoms with Crippen LogP contribution < -0.4 is 0 Å². The lowest BCUT2D eigenvalue weighted by Gasteiger charge is -2.14. The van der Waals surface area contributed by atoms with E-state index in [1.165, 1.54) is 19.9 Å². The summed E-state index contributed by atoms with van der Waals surface area (Å²) < 4.78 is 4.65. The van der Waals surface area contributed by atoms with Gasteiger partial charge >= 0.3 is 5.97 Å². The highest BCUT2D eigenvalue weighted by Crippen LogP contribution is 2.09. The molecule has 0 amide bonds. The SMILES string of the molecule is CCOC(=O)C(C)(C)N=C=O. The molecule has 4 nitrogen and oxygen atoms in total. The Kier molecular flexibility index (Phi) is 3.48. The lowest BCUT2D eigenvalue weighted by molar-refractivity contribution is -0.148. The Bertz CT molecular complexity index is 192. The molecule has 0 aliphatic carbocycles. The molecule has 0 rings (SSSR count). The minimum atomic E-state index is -1.10. The van der Waals surface area contributed by atoms with Crippen molar-refractivity contribution < 1.29 is 14.3 Å². The number of carbonyl (C=O) groups excluding carboxylic acids is 2. The van der Waals surface area contributed by atoms with Crippen LogP contribution in [0.3, 0.4) is 0 Å². The van der Waals surface area contributed by atoms with Gasteiger partial charge in [-0.3, -0.25) is 0 Å². The number of carbonyl (C=O) groups is 1. The molecular formula is C7H11NO3. The first kappa shape index (κ1) is 9.85. The van der Waals surface area contributed by atoms with E-state index in [0.717, 1.165) is 0 Å². The van der Waals surface area contributed by atoms with Gasteiger partial charge in [0.25, 0.3) is 0 Å². The lowest BCUT2D eigenvalue weighted by atomic mass is 10.1. The van der Waals surface area contributed by atoms with E-state index in [1.54, 1.807) is 6.92 Å². The summed E-state index contributed by atoms with van der Waals surface area (Å²) in [5, 5.41) is 0. The van der Waals surface area contributed by atoms with Crippen LogP contribution in [0.5, 0.6) is 0 Å². The predicted octanol–water partition coefficient (Wildman–Crippen LogP) is 0.664. The molecule has 0 saturated carbocycles. The summed E-state index contributed by atoms with van der Waals surface area (Å²) >= 11 is 0. The van der Waals surface area contributed by atoms with Crippen LogP contribution in [-0.4, -0.2) is 24.2 Å². The lowest BCUT2D eigenvalue weighted by Crippen LogP contribution is -2.31. The average Bonchev–Trinajstić information content (AvgIpc) is 1.88. The maximum absolute atomic E-state index is 11.0. The van der Waals surface area contributed by atoms with Crippen LogP contribution in [0.25, 0.3) is 0 Å². The van der Waals surface area contributed by atoms with Gasteiger partial charge in [-0.1, -0.05) is 0 Å². The minimum Gasteiger partial charge on any atom is -0.464 e. The number of hydrogen-bond acceptors (Lipinski definition) is 4. The number of hydrogen-bond donors (Lipinski definition) is 0. The van der Waals surface area contributed by atoms with Crippen molar-refractivity contribution >= 4 is 12.0 Å². The fourth-order valence-electron chi connectivity index (χ4n) is 0.467. The molecule has 0 aromatic heterocycles. The smallest absolute Gasteiger partial charge is 0.334 e. The average molecular weight is 157 g/mol.